The van der Waals surface area contributed by atoms with Gasteiger partial charge in [0.2, 0.25) is 5.13 Å². The molecule has 4 aliphatic rings. The van der Waals surface area contributed by atoms with Crippen LogP contribution in [0.4, 0.5) is 5.13 Å². The molecule has 2 aromatic heterocycles. The number of carbonyl (C=O) groups is 1. The molecule has 0 unspecified atom stereocenters. The van der Waals surface area contributed by atoms with Crippen LogP contribution >= 0.6 is 11.3 Å². The molecule has 1 amide bonds. The Hall–Kier alpha value is -2.61. The summed E-state index contributed by atoms with van der Waals surface area (Å²) in [5.74, 6) is 2.13. The Balaban J connectivity index is 1.31. The van der Waals surface area contributed by atoms with E-state index in [1.54, 1.807) is 18.2 Å². The molecule has 8 heteroatoms. The maximum Gasteiger partial charge on any atom is 0.278 e. The van der Waals surface area contributed by atoms with Gasteiger partial charge in [0.1, 0.15) is 5.01 Å². The smallest absolute Gasteiger partial charge is 0.278 e. The van der Waals surface area contributed by atoms with E-state index in [0.29, 0.717) is 15.9 Å². The van der Waals surface area contributed by atoms with Gasteiger partial charge in [0, 0.05) is 10.8 Å². The van der Waals surface area contributed by atoms with Gasteiger partial charge in [-0.3, -0.25) is 14.9 Å². The molecule has 0 radical (unpaired) electrons. The molecule has 1 N–H and O–H groups in total. The normalized spacial score (nSPS) is 28.5. The van der Waals surface area contributed by atoms with Crippen LogP contribution in [0.5, 0.6) is 0 Å². The number of rotatable bonds is 4. The van der Waals surface area contributed by atoms with Crippen LogP contribution in [0.2, 0.25) is 0 Å². The van der Waals surface area contributed by atoms with Crippen molar-refractivity contribution in [3.05, 3.63) is 45.3 Å². The minimum atomic E-state index is -0.358. The van der Waals surface area contributed by atoms with E-state index >= 15 is 0 Å². The van der Waals surface area contributed by atoms with Crippen molar-refractivity contribution in [2.45, 2.75) is 63.8 Å². The van der Waals surface area contributed by atoms with E-state index in [1.807, 2.05) is 19.9 Å². The third kappa shape index (κ3) is 3.10. The van der Waals surface area contributed by atoms with Gasteiger partial charge in [-0.2, -0.15) is 5.10 Å². The van der Waals surface area contributed by atoms with Gasteiger partial charge in [-0.05, 0) is 76.2 Å². The van der Waals surface area contributed by atoms with Gasteiger partial charge >= 0.3 is 0 Å². The van der Waals surface area contributed by atoms with Crippen LogP contribution in [-0.2, 0) is 5.41 Å². The number of nitrogens with one attached hydrogen (secondary N) is 1. The van der Waals surface area contributed by atoms with Crippen LogP contribution in [0.3, 0.4) is 0 Å². The fraction of sp³-hybridized carbons (Fsp3) is 0.542. The lowest BCUT2D eigenvalue weighted by molar-refractivity contribution is -0.00555. The van der Waals surface area contributed by atoms with E-state index in [1.165, 1.54) is 54.5 Å². The maximum atomic E-state index is 13.2. The number of benzene rings is 1. The van der Waals surface area contributed by atoms with Crippen LogP contribution < -0.4 is 10.9 Å². The van der Waals surface area contributed by atoms with Crippen molar-refractivity contribution in [1.82, 2.24) is 20.0 Å². The number of amides is 1. The number of nitrogens with zero attached hydrogens (tertiary/aromatic N) is 4. The zero-order valence-electron chi connectivity index (χ0n) is 18.4. The topological polar surface area (TPSA) is 89.8 Å². The highest BCUT2D eigenvalue weighted by molar-refractivity contribution is 7.15. The Bertz CT molecular complexity index is 1240. The summed E-state index contributed by atoms with van der Waals surface area (Å²) in [5.41, 5.74) is 0.207. The summed E-state index contributed by atoms with van der Waals surface area (Å²) in [4.78, 5) is 26.0. The minimum absolute atomic E-state index is 0.150. The zero-order valence-corrected chi connectivity index (χ0v) is 19.2. The zero-order chi connectivity index (χ0) is 22.0. The van der Waals surface area contributed by atoms with Crippen LogP contribution in [0.15, 0.2) is 29.1 Å². The van der Waals surface area contributed by atoms with Crippen LogP contribution in [0, 0.1) is 17.8 Å². The molecule has 0 atom stereocenters. The standard InChI is InChI=1S/C24H27N5O2S/c1-13(2)29-21(31)18-6-4-3-5-17(18)19(28-29)20(30)25-23-27-26-22(32-23)24-10-14-7-15(11-24)9-16(8-14)12-24/h3-6,13-16H,7-12H2,1-2H3,(H,25,27,30). The van der Waals surface area contributed by atoms with Crippen molar-refractivity contribution in [2.24, 2.45) is 17.8 Å². The van der Waals surface area contributed by atoms with E-state index in [0.717, 1.165) is 22.8 Å². The van der Waals surface area contributed by atoms with E-state index in [4.69, 9.17) is 0 Å². The monoisotopic (exact) mass is 449 g/mol. The molecule has 7 nitrogen and oxygen atoms in total. The summed E-state index contributed by atoms with van der Waals surface area (Å²) in [6.45, 7) is 3.76. The average molecular weight is 450 g/mol. The molecule has 4 aliphatic carbocycles. The van der Waals surface area contributed by atoms with Gasteiger partial charge in [0.05, 0.1) is 11.4 Å². The summed E-state index contributed by atoms with van der Waals surface area (Å²) < 4.78 is 1.37. The predicted molar refractivity (Wildman–Crippen MR) is 124 cm³/mol. The molecular formula is C24H27N5O2S. The largest absolute Gasteiger partial charge is 0.295 e. The van der Waals surface area contributed by atoms with Gasteiger partial charge < -0.3 is 0 Å². The Kier molecular flexibility index (Phi) is 4.51. The first-order valence-electron chi connectivity index (χ1n) is 11.6. The van der Waals surface area contributed by atoms with Crippen molar-refractivity contribution >= 4 is 33.1 Å². The molecule has 32 heavy (non-hydrogen) atoms. The van der Waals surface area contributed by atoms with Crippen LogP contribution in [0.1, 0.15) is 73.9 Å². The second-order valence-electron chi connectivity index (χ2n) is 10.3. The summed E-state index contributed by atoms with van der Waals surface area (Å²) in [6.07, 6.45) is 7.79. The van der Waals surface area contributed by atoms with Crippen molar-refractivity contribution in [2.75, 3.05) is 5.32 Å². The summed E-state index contributed by atoms with van der Waals surface area (Å²) in [7, 11) is 0. The predicted octanol–water partition coefficient (Wildman–Crippen LogP) is 4.55. The summed E-state index contributed by atoms with van der Waals surface area (Å²) >= 11 is 1.51. The van der Waals surface area contributed by atoms with Gasteiger partial charge in [-0.15, -0.1) is 10.2 Å². The van der Waals surface area contributed by atoms with Crippen LogP contribution in [0.25, 0.3) is 10.8 Å². The number of carbonyl (C=O) groups excluding carboxylic acids is 1. The fourth-order valence-electron chi connectivity index (χ4n) is 6.74. The van der Waals surface area contributed by atoms with Crippen LogP contribution in [-0.4, -0.2) is 25.9 Å². The number of hydrogen-bond acceptors (Lipinski definition) is 6. The van der Waals surface area contributed by atoms with Gasteiger partial charge in [-0.25, -0.2) is 4.68 Å². The molecule has 3 aromatic rings. The van der Waals surface area contributed by atoms with E-state index < -0.39 is 0 Å². The lowest BCUT2D eigenvalue weighted by atomic mass is 9.50. The second-order valence-corrected chi connectivity index (χ2v) is 11.3. The van der Waals surface area contributed by atoms with Gasteiger partial charge in [0.15, 0.2) is 5.69 Å². The molecule has 0 spiro atoms. The van der Waals surface area contributed by atoms with E-state index in [-0.39, 0.29) is 28.6 Å². The fourth-order valence-corrected chi connectivity index (χ4v) is 7.70. The maximum absolute atomic E-state index is 13.2. The average Bonchev–Trinajstić information content (AvgIpc) is 3.22. The van der Waals surface area contributed by atoms with Crippen molar-refractivity contribution in [1.29, 1.82) is 0 Å². The number of anilines is 1. The Morgan fingerprint density at radius 1 is 1.06 bits per heavy atom. The minimum Gasteiger partial charge on any atom is -0.295 e. The Morgan fingerprint density at radius 2 is 1.69 bits per heavy atom. The first kappa shape index (κ1) is 20.0. The molecule has 4 saturated carbocycles. The molecular weight excluding hydrogens is 422 g/mol. The lowest BCUT2D eigenvalue weighted by Crippen LogP contribution is -2.48. The van der Waals surface area contributed by atoms with E-state index in [2.05, 4.69) is 20.6 Å². The highest BCUT2D eigenvalue weighted by atomic mass is 32.1. The third-order valence-electron chi connectivity index (χ3n) is 7.67. The molecule has 1 aromatic carbocycles. The molecule has 4 bridgehead atoms. The quantitative estimate of drug-likeness (QED) is 0.631. The molecule has 7 rings (SSSR count). The molecule has 0 aliphatic heterocycles. The second kappa shape index (κ2) is 7.20. The van der Waals surface area contributed by atoms with E-state index in [9.17, 15) is 9.59 Å². The first-order valence-corrected chi connectivity index (χ1v) is 12.4. The molecule has 2 heterocycles. The SMILES string of the molecule is CC(C)n1nc(C(=O)Nc2nnc(C34CC5CC(CC(C5)C3)C4)s2)c2ccccc2c1=O. The summed E-state index contributed by atoms with van der Waals surface area (Å²) in [6, 6.07) is 6.98. The number of fused-ring (bicyclic) bond motifs is 1. The first-order chi connectivity index (χ1) is 15.4. The number of aromatic nitrogens is 4. The van der Waals surface area contributed by atoms with Gasteiger partial charge in [0.25, 0.3) is 11.5 Å². The molecule has 0 saturated heterocycles. The number of hydrogen-bond donors (Lipinski definition) is 1. The van der Waals surface area contributed by atoms with Crippen molar-refractivity contribution in [3.8, 4) is 0 Å². The molecule has 166 valence electrons. The highest BCUT2D eigenvalue weighted by Gasteiger charge is 2.53. The Morgan fingerprint density at radius 3 is 2.31 bits per heavy atom. The Labute approximate surface area is 190 Å². The van der Waals surface area contributed by atoms with Crippen molar-refractivity contribution in [3.63, 3.8) is 0 Å². The highest BCUT2D eigenvalue weighted by Crippen LogP contribution is 2.61. The third-order valence-corrected chi connectivity index (χ3v) is 8.76. The molecule has 4 fully saturated rings. The lowest BCUT2D eigenvalue weighted by Gasteiger charge is -2.55. The van der Waals surface area contributed by atoms with Crippen molar-refractivity contribution < 1.29 is 4.79 Å². The van der Waals surface area contributed by atoms with Gasteiger partial charge in [-0.1, -0.05) is 29.5 Å². The summed E-state index contributed by atoms with van der Waals surface area (Å²) in [5, 5.41) is 18.8.